The number of nitrogens with two attached hydrogens (primary N) is 1. The number of nitrogen functional groups attached to an aromatic ring is 1. The summed E-state index contributed by atoms with van der Waals surface area (Å²) in [4.78, 5) is 4.13. The molecule has 1 fully saturated rings. The lowest BCUT2D eigenvalue weighted by Gasteiger charge is -2.28. The van der Waals surface area contributed by atoms with E-state index in [1.54, 1.807) is 6.07 Å². The zero-order valence-electron chi connectivity index (χ0n) is 9.29. The van der Waals surface area contributed by atoms with Gasteiger partial charge in [0.2, 0.25) is 5.92 Å². The van der Waals surface area contributed by atoms with Crippen molar-refractivity contribution in [2.24, 2.45) is 0 Å². The van der Waals surface area contributed by atoms with Crippen LogP contribution in [-0.2, 0) is 0 Å². The molecule has 1 heterocycles. The molecule has 0 radical (unpaired) electrons. The van der Waals surface area contributed by atoms with Gasteiger partial charge in [0, 0.05) is 18.8 Å². The summed E-state index contributed by atoms with van der Waals surface area (Å²) in [6, 6.07) is 3.58. The van der Waals surface area contributed by atoms with Crippen LogP contribution in [0.3, 0.4) is 0 Å². The lowest BCUT2D eigenvalue weighted by molar-refractivity contribution is -0.0385. The number of halogens is 2. The predicted octanol–water partition coefficient (Wildman–Crippen LogP) is 2.83. The Morgan fingerprint density at radius 1 is 1.41 bits per heavy atom. The molecule has 1 aliphatic carbocycles. The second kappa shape index (κ2) is 4.28. The van der Waals surface area contributed by atoms with E-state index >= 15 is 0 Å². The second-order valence-electron chi connectivity index (χ2n) is 4.44. The minimum atomic E-state index is -2.56. The average Bonchev–Trinajstić information content (AvgIpc) is 2.29. The normalized spacial score (nSPS) is 19.8. The van der Waals surface area contributed by atoms with Gasteiger partial charge in [-0.15, -0.1) is 0 Å². The fourth-order valence-corrected chi connectivity index (χ4v) is 2.22. The van der Waals surface area contributed by atoms with Crippen molar-refractivity contribution < 1.29 is 8.78 Å². The number of alkyl halides is 2. The van der Waals surface area contributed by atoms with E-state index in [1.807, 2.05) is 6.07 Å². The lowest BCUT2D eigenvalue weighted by atomic mass is 9.83. The van der Waals surface area contributed by atoms with Gasteiger partial charge in [-0.1, -0.05) is 0 Å². The molecule has 0 unspecified atom stereocenters. The van der Waals surface area contributed by atoms with E-state index in [9.17, 15) is 8.78 Å². The third-order valence-corrected chi connectivity index (χ3v) is 3.16. The summed E-state index contributed by atoms with van der Waals surface area (Å²) in [6.07, 6.45) is 1.96. The summed E-state index contributed by atoms with van der Waals surface area (Å²) in [7, 11) is 0. The number of nitriles is 1. The van der Waals surface area contributed by atoms with Gasteiger partial charge < -0.3 is 5.73 Å². The van der Waals surface area contributed by atoms with Crippen LogP contribution < -0.4 is 5.73 Å². The highest BCUT2D eigenvalue weighted by molar-refractivity contribution is 5.46. The number of pyridine rings is 1. The topological polar surface area (TPSA) is 62.7 Å². The van der Waals surface area contributed by atoms with Crippen LogP contribution in [0.15, 0.2) is 12.3 Å². The van der Waals surface area contributed by atoms with Crippen LogP contribution >= 0.6 is 0 Å². The Balaban J connectivity index is 2.22. The van der Waals surface area contributed by atoms with Crippen LogP contribution in [0.4, 0.5) is 14.5 Å². The van der Waals surface area contributed by atoms with Gasteiger partial charge in [0.1, 0.15) is 6.07 Å². The first kappa shape index (κ1) is 11.8. The summed E-state index contributed by atoms with van der Waals surface area (Å²) in [6.45, 7) is 0. The molecule has 0 bridgehead atoms. The summed E-state index contributed by atoms with van der Waals surface area (Å²) in [5.74, 6) is -2.61. The van der Waals surface area contributed by atoms with E-state index in [1.165, 1.54) is 6.20 Å². The van der Waals surface area contributed by atoms with E-state index in [0.29, 0.717) is 29.8 Å². The van der Waals surface area contributed by atoms with Gasteiger partial charge >= 0.3 is 0 Å². The predicted molar refractivity (Wildman–Crippen MR) is 59.5 cm³/mol. The van der Waals surface area contributed by atoms with E-state index < -0.39 is 5.92 Å². The van der Waals surface area contributed by atoms with Crippen LogP contribution in [0, 0.1) is 11.3 Å². The molecule has 0 aromatic carbocycles. The Kier molecular flexibility index (Phi) is 2.97. The number of aromatic nitrogens is 1. The smallest absolute Gasteiger partial charge is 0.248 e. The first-order valence-electron chi connectivity index (χ1n) is 5.55. The van der Waals surface area contributed by atoms with Crippen LogP contribution in [0.2, 0.25) is 0 Å². The largest absolute Gasteiger partial charge is 0.397 e. The monoisotopic (exact) mass is 237 g/mol. The molecule has 3 nitrogen and oxygen atoms in total. The van der Waals surface area contributed by atoms with Gasteiger partial charge in [-0.25, -0.2) is 8.78 Å². The molecule has 0 saturated heterocycles. The maximum absolute atomic E-state index is 13.0. The van der Waals surface area contributed by atoms with Crippen LogP contribution in [0.1, 0.15) is 42.9 Å². The summed E-state index contributed by atoms with van der Waals surface area (Å²) in [5, 5.41) is 8.98. The Labute approximate surface area is 98.3 Å². The number of nitrogens with zero attached hydrogens (tertiary/aromatic N) is 2. The van der Waals surface area contributed by atoms with E-state index in [-0.39, 0.29) is 18.8 Å². The number of anilines is 1. The van der Waals surface area contributed by atoms with Crippen LogP contribution in [0.25, 0.3) is 0 Å². The number of hydrogen-bond acceptors (Lipinski definition) is 3. The van der Waals surface area contributed by atoms with E-state index in [4.69, 9.17) is 11.0 Å². The van der Waals surface area contributed by atoms with Gasteiger partial charge in [-0.05, 0) is 18.9 Å². The minimum Gasteiger partial charge on any atom is -0.397 e. The molecule has 2 rings (SSSR count). The SMILES string of the molecule is N#Cc1cc(N)cnc1C1CCC(F)(F)CC1. The molecule has 1 aromatic heterocycles. The quantitative estimate of drug-likeness (QED) is 0.816. The van der Waals surface area contributed by atoms with Crippen molar-refractivity contribution in [3.8, 4) is 6.07 Å². The van der Waals surface area contributed by atoms with Gasteiger partial charge in [0.15, 0.2) is 0 Å². The molecule has 5 heteroatoms. The van der Waals surface area contributed by atoms with Gasteiger partial charge in [0.25, 0.3) is 0 Å². The Bertz CT molecular complexity index is 455. The molecule has 17 heavy (non-hydrogen) atoms. The molecule has 0 atom stereocenters. The third-order valence-electron chi connectivity index (χ3n) is 3.16. The molecular formula is C12H13F2N3. The van der Waals surface area contributed by atoms with Crippen molar-refractivity contribution in [1.29, 1.82) is 5.26 Å². The maximum Gasteiger partial charge on any atom is 0.248 e. The second-order valence-corrected chi connectivity index (χ2v) is 4.44. The maximum atomic E-state index is 13.0. The van der Waals surface area contributed by atoms with Crippen molar-refractivity contribution in [1.82, 2.24) is 4.98 Å². The third kappa shape index (κ3) is 2.52. The molecule has 0 aliphatic heterocycles. The van der Waals surface area contributed by atoms with Crippen molar-refractivity contribution in [3.63, 3.8) is 0 Å². The molecular weight excluding hydrogens is 224 g/mol. The molecule has 1 aromatic rings. The first-order valence-corrected chi connectivity index (χ1v) is 5.55. The standard InChI is InChI=1S/C12H13F2N3/c13-12(14)3-1-8(2-4-12)11-9(6-15)5-10(16)7-17-11/h5,7-8H,1-4,16H2. The van der Waals surface area contributed by atoms with E-state index in [0.717, 1.165) is 0 Å². The van der Waals surface area contributed by atoms with Crippen molar-refractivity contribution in [2.45, 2.75) is 37.5 Å². The minimum absolute atomic E-state index is 0.0510. The van der Waals surface area contributed by atoms with Crippen molar-refractivity contribution in [2.75, 3.05) is 5.73 Å². The van der Waals surface area contributed by atoms with Gasteiger partial charge in [-0.2, -0.15) is 5.26 Å². The molecule has 2 N–H and O–H groups in total. The Hall–Kier alpha value is -1.70. The summed E-state index contributed by atoms with van der Waals surface area (Å²) in [5.41, 5.74) is 6.98. The Morgan fingerprint density at radius 2 is 2.06 bits per heavy atom. The zero-order chi connectivity index (χ0) is 12.5. The van der Waals surface area contributed by atoms with Gasteiger partial charge in [-0.3, -0.25) is 4.98 Å². The van der Waals surface area contributed by atoms with Crippen LogP contribution in [-0.4, -0.2) is 10.9 Å². The zero-order valence-corrected chi connectivity index (χ0v) is 9.29. The average molecular weight is 237 g/mol. The van der Waals surface area contributed by atoms with Crippen LogP contribution in [0.5, 0.6) is 0 Å². The molecule has 0 spiro atoms. The molecule has 0 amide bonds. The summed E-state index contributed by atoms with van der Waals surface area (Å²) < 4.78 is 26.1. The molecule has 1 saturated carbocycles. The molecule has 90 valence electrons. The fourth-order valence-electron chi connectivity index (χ4n) is 2.22. The highest BCUT2D eigenvalue weighted by Crippen LogP contribution is 2.41. The molecule has 1 aliphatic rings. The number of rotatable bonds is 1. The highest BCUT2D eigenvalue weighted by atomic mass is 19.3. The van der Waals surface area contributed by atoms with E-state index in [2.05, 4.69) is 4.98 Å². The highest BCUT2D eigenvalue weighted by Gasteiger charge is 2.36. The van der Waals surface area contributed by atoms with Crippen molar-refractivity contribution >= 4 is 5.69 Å². The van der Waals surface area contributed by atoms with Crippen molar-refractivity contribution in [3.05, 3.63) is 23.5 Å². The lowest BCUT2D eigenvalue weighted by Crippen LogP contribution is -2.24. The number of hydrogen-bond donors (Lipinski definition) is 1. The summed E-state index contributed by atoms with van der Waals surface area (Å²) >= 11 is 0. The Morgan fingerprint density at radius 3 is 2.65 bits per heavy atom. The van der Waals surface area contributed by atoms with Gasteiger partial charge in [0.05, 0.1) is 23.1 Å². The fraction of sp³-hybridized carbons (Fsp3) is 0.500. The first-order chi connectivity index (χ1) is 8.02.